The standard InChI is InChI=1S/C17H28F3N5S/c1-3-8-25-9-6-13(11-25)10-23-16(21-4-2)22-7-5-15-24-14(12-26-15)17(18,19)20/h12-13H,3-11H2,1-2H3,(H2,21,22,23). The summed E-state index contributed by atoms with van der Waals surface area (Å²) in [5, 5.41) is 7.92. The number of guanidine groups is 1. The lowest BCUT2D eigenvalue weighted by atomic mass is 10.1. The average Bonchev–Trinajstić information content (AvgIpc) is 3.22. The van der Waals surface area contributed by atoms with Crippen LogP contribution in [0.15, 0.2) is 10.4 Å². The van der Waals surface area contributed by atoms with Gasteiger partial charge in [-0.15, -0.1) is 11.3 Å². The Hall–Kier alpha value is -1.35. The van der Waals surface area contributed by atoms with E-state index in [2.05, 4.69) is 32.4 Å². The van der Waals surface area contributed by atoms with Crippen molar-refractivity contribution >= 4 is 17.3 Å². The molecule has 0 aromatic carbocycles. The zero-order valence-corrected chi connectivity index (χ0v) is 16.2. The summed E-state index contributed by atoms with van der Waals surface area (Å²) in [5.74, 6) is 1.29. The van der Waals surface area contributed by atoms with Crippen LogP contribution in [0.5, 0.6) is 0 Å². The van der Waals surface area contributed by atoms with Gasteiger partial charge in [-0.1, -0.05) is 6.92 Å². The highest BCUT2D eigenvalue weighted by atomic mass is 32.1. The summed E-state index contributed by atoms with van der Waals surface area (Å²) in [4.78, 5) is 10.8. The molecule has 0 saturated carbocycles. The monoisotopic (exact) mass is 391 g/mol. The normalized spacial score (nSPS) is 19.1. The van der Waals surface area contributed by atoms with Crippen molar-refractivity contribution in [1.82, 2.24) is 20.5 Å². The molecule has 1 aliphatic heterocycles. The number of hydrogen-bond donors (Lipinski definition) is 2. The van der Waals surface area contributed by atoms with Gasteiger partial charge in [0.25, 0.3) is 0 Å². The third kappa shape index (κ3) is 6.75. The fourth-order valence-corrected chi connectivity index (χ4v) is 3.79. The number of aliphatic imine (C=N–C) groups is 1. The molecule has 2 heterocycles. The van der Waals surface area contributed by atoms with Gasteiger partial charge in [-0.2, -0.15) is 13.2 Å². The van der Waals surface area contributed by atoms with Crippen LogP contribution in [-0.4, -0.2) is 55.1 Å². The van der Waals surface area contributed by atoms with Crippen LogP contribution in [0.25, 0.3) is 0 Å². The lowest BCUT2D eigenvalue weighted by molar-refractivity contribution is -0.140. The predicted octanol–water partition coefficient (Wildman–Crippen LogP) is 2.99. The number of likely N-dealkylation sites (tertiary alicyclic amines) is 1. The Balaban J connectivity index is 1.78. The highest BCUT2D eigenvalue weighted by Crippen LogP contribution is 2.30. The maximum Gasteiger partial charge on any atom is 0.434 e. The number of hydrogen-bond acceptors (Lipinski definition) is 4. The molecule has 0 aliphatic carbocycles. The molecule has 1 atom stereocenters. The fraction of sp³-hybridized carbons (Fsp3) is 0.765. The summed E-state index contributed by atoms with van der Waals surface area (Å²) >= 11 is 1.04. The van der Waals surface area contributed by atoms with E-state index in [0.717, 1.165) is 49.4 Å². The van der Waals surface area contributed by atoms with Crippen molar-refractivity contribution in [3.8, 4) is 0 Å². The summed E-state index contributed by atoms with van der Waals surface area (Å²) in [6, 6.07) is 0. The first kappa shape index (κ1) is 21.0. The number of thiazole rings is 1. The van der Waals surface area contributed by atoms with Crippen molar-refractivity contribution in [2.24, 2.45) is 10.9 Å². The molecule has 9 heteroatoms. The second-order valence-corrected chi connectivity index (χ2v) is 7.42. The van der Waals surface area contributed by atoms with E-state index in [4.69, 9.17) is 0 Å². The van der Waals surface area contributed by atoms with Crippen molar-refractivity contribution in [3.05, 3.63) is 16.1 Å². The van der Waals surface area contributed by atoms with Gasteiger partial charge in [0.15, 0.2) is 11.7 Å². The maximum atomic E-state index is 12.6. The lowest BCUT2D eigenvalue weighted by Crippen LogP contribution is -2.38. The molecular weight excluding hydrogens is 363 g/mol. The van der Waals surface area contributed by atoms with E-state index in [0.29, 0.717) is 29.9 Å². The number of nitrogens with zero attached hydrogens (tertiary/aromatic N) is 3. The second kappa shape index (κ2) is 10.1. The summed E-state index contributed by atoms with van der Waals surface area (Å²) in [7, 11) is 0. The average molecular weight is 392 g/mol. The van der Waals surface area contributed by atoms with E-state index in [1.54, 1.807) is 0 Å². The largest absolute Gasteiger partial charge is 0.434 e. The van der Waals surface area contributed by atoms with Crippen LogP contribution in [-0.2, 0) is 12.6 Å². The molecule has 1 saturated heterocycles. The Kier molecular flexibility index (Phi) is 8.15. The molecule has 0 spiro atoms. The van der Waals surface area contributed by atoms with Crippen molar-refractivity contribution < 1.29 is 13.2 Å². The molecular formula is C17H28F3N5S. The quantitative estimate of drug-likeness (QED) is 0.528. The Morgan fingerprint density at radius 2 is 2.19 bits per heavy atom. The first-order valence-corrected chi connectivity index (χ1v) is 10.1. The van der Waals surface area contributed by atoms with Gasteiger partial charge in [0, 0.05) is 38.0 Å². The molecule has 148 valence electrons. The van der Waals surface area contributed by atoms with Gasteiger partial charge in [0.1, 0.15) is 0 Å². The van der Waals surface area contributed by atoms with Crippen molar-refractivity contribution in [2.75, 3.05) is 39.3 Å². The Morgan fingerprint density at radius 1 is 1.38 bits per heavy atom. The first-order valence-electron chi connectivity index (χ1n) is 9.18. The zero-order chi connectivity index (χ0) is 19.0. The summed E-state index contributed by atoms with van der Waals surface area (Å²) < 4.78 is 37.7. The van der Waals surface area contributed by atoms with Gasteiger partial charge in [0.2, 0.25) is 0 Å². The molecule has 1 aromatic heterocycles. The zero-order valence-electron chi connectivity index (χ0n) is 15.4. The molecule has 2 N–H and O–H groups in total. The third-order valence-electron chi connectivity index (χ3n) is 4.24. The van der Waals surface area contributed by atoms with E-state index >= 15 is 0 Å². The SMILES string of the molecule is CCCN1CCC(CN=C(NCC)NCCc2nc(C(F)(F)F)cs2)C1. The third-order valence-corrected chi connectivity index (χ3v) is 5.14. The van der Waals surface area contributed by atoms with Crippen LogP contribution in [0.3, 0.4) is 0 Å². The number of aromatic nitrogens is 1. The van der Waals surface area contributed by atoms with Gasteiger partial charge in [-0.25, -0.2) is 4.98 Å². The van der Waals surface area contributed by atoms with E-state index in [1.165, 1.54) is 12.8 Å². The highest BCUT2D eigenvalue weighted by Gasteiger charge is 2.33. The maximum absolute atomic E-state index is 12.6. The molecule has 1 fully saturated rings. The summed E-state index contributed by atoms with van der Waals surface area (Å²) in [6.07, 6.45) is -1.58. The Morgan fingerprint density at radius 3 is 2.85 bits per heavy atom. The molecule has 0 amide bonds. The molecule has 1 unspecified atom stereocenters. The molecule has 26 heavy (non-hydrogen) atoms. The topological polar surface area (TPSA) is 52.5 Å². The molecule has 0 radical (unpaired) electrons. The summed E-state index contributed by atoms with van der Waals surface area (Å²) in [6.45, 7) is 9.58. The number of rotatable bonds is 8. The number of halogens is 3. The van der Waals surface area contributed by atoms with Gasteiger partial charge >= 0.3 is 6.18 Å². The lowest BCUT2D eigenvalue weighted by Gasteiger charge is -2.14. The van der Waals surface area contributed by atoms with E-state index < -0.39 is 11.9 Å². The second-order valence-electron chi connectivity index (χ2n) is 6.48. The minimum absolute atomic E-state index is 0.443. The Labute approximate surface area is 157 Å². The predicted molar refractivity (Wildman–Crippen MR) is 99.6 cm³/mol. The van der Waals surface area contributed by atoms with Crippen molar-refractivity contribution in [3.63, 3.8) is 0 Å². The van der Waals surface area contributed by atoms with E-state index in [9.17, 15) is 13.2 Å². The van der Waals surface area contributed by atoms with Gasteiger partial charge in [-0.05, 0) is 38.8 Å². The van der Waals surface area contributed by atoms with Crippen molar-refractivity contribution in [1.29, 1.82) is 0 Å². The minimum Gasteiger partial charge on any atom is -0.357 e. The van der Waals surface area contributed by atoms with Crippen LogP contribution in [0, 0.1) is 5.92 Å². The molecule has 1 aliphatic rings. The highest BCUT2D eigenvalue weighted by molar-refractivity contribution is 7.09. The first-order chi connectivity index (χ1) is 12.4. The fourth-order valence-electron chi connectivity index (χ4n) is 2.99. The van der Waals surface area contributed by atoms with Crippen LogP contribution in [0.4, 0.5) is 13.2 Å². The van der Waals surface area contributed by atoms with Crippen LogP contribution in [0.1, 0.15) is 37.4 Å². The van der Waals surface area contributed by atoms with Crippen LogP contribution in [0.2, 0.25) is 0 Å². The molecule has 0 bridgehead atoms. The van der Waals surface area contributed by atoms with E-state index in [1.807, 2.05) is 6.92 Å². The van der Waals surface area contributed by atoms with Gasteiger partial charge < -0.3 is 15.5 Å². The van der Waals surface area contributed by atoms with E-state index in [-0.39, 0.29) is 0 Å². The van der Waals surface area contributed by atoms with Gasteiger partial charge in [-0.3, -0.25) is 4.99 Å². The van der Waals surface area contributed by atoms with Crippen LogP contribution < -0.4 is 10.6 Å². The minimum atomic E-state index is -4.37. The molecule has 1 aromatic rings. The summed E-state index contributed by atoms with van der Waals surface area (Å²) in [5.41, 5.74) is -0.809. The number of nitrogens with one attached hydrogen (secondary N) is 2. The van der Waals surface area contributed by atoms with Gasteiger partial charge in [0.05, 0.1) is 5.01 Å². The van der Waals surface area contributed by atoms with Crippen LogP contribution >= 0.6 is 11.3 Å². The van der Waals surface area contributed by atoms with Crippen molar-refractivity contribution in [2.45, 2.75) is 39.3 Å². The number of alkyl halides is 3. The smallest absolute Gasteiger partial charge is 0.357 e. The Bertz CT molecular complexity index is 573. The molecule has 2 rings (SSSR count). The molecule has 5 nitrogen and oxygen atoms in total.